The highest BCUT2D eigenvalue weighted by atomic mass is 14.9. The fraction of sp³-hybridized carbons (Fsp3) is 0.200. The third-order valence-electron chi connectivity index (χ3n) is 1.13. The lowest BCUT2D eigenvalue weighted by Crippen LogP contribution is -2.20. The lowest BCUT2D eigenvalue weighted by Gasteiger charge is -2.06. The van der Waals surface area contributed by atoms with E-state index in [1.54, 1.807) is 6.21 Å². The number of allylic oxidation sites excluding steroid dienone is 1. The Labute approximate surface area is 52.8 Å². The molecule has 1 rings (SSSR count). The molecule has 0 atom stereocenters. The first-order valence-electron chi connectivity index (χ1n) is 2.57. The Morgan fingerprint density at radius 2 is 2.22 bits per heavy atom. The molecular formula is C5H8N4. The zero-order chi connectivity index (χ0) is 6.85. The van der Waals surface area contributed by atoms with Gasteiger partial charge in [-0.05, 0) is 0 Å². The molecule has 0 saturated carbocycles. The van der Waals surface area contributed by atoms with Crippen molar-refractivity contribution in [1.82, 2.24) is 0 Å². The number of hydrogen-bond acceptors (Lipinski definition) is 4. The molecule has 9 heavy (non-hydrogen) atoms. The molecule has 48 valence electrons. The van der Waals surface area contributed by atoms with Gasteiger partial charge >= 0.3 is 0 Å². The zero-order valence-corrected chi connectivity index (χ0v) is 4.89. The summed E-state index contributed by atoms with van der Waals surface area (Å²) in [4.78, 5) is 3.73. The van der Waals surface area contributed by atoms with Crippen molar-refractivity contribution in [2.45, 2.75) is 6.42 Å². The van der Waals surface area contributed by atoms with Crippen LogP contribution in [-0.2, 0) is 0 Å². The zero-order valence-electron chi connectivity index (χ0n) is 4.89. The van der Waals surface area contributed by atoms with E-state index in [1.807, 2.05) is 0 Å². The van der Waals surface area contributed by atoms with E-state index in [-0.39, 0.29) is 5.82 Å². The fourth-order valence-corrected chi connectivity index (χ4v) is 0.569. The van der Waals surface area contributed by atoms with Crippen molar-refractivity contribution in [3.63, 3.8) is 0 Å². The van der Waals surface area contributed by atoms with Crippen LogP contribution in [0.1, 0.15) is 6.42 Å². The second-order valence-corrected chi connectivity index (χ2v) is 1.79. The van der Waals surface area contributed by atoms with E-state index in [1.165, 1.54) is 0 Å². The van der Waals surface area contributed by atoms with Gasteiger partial charge in [0.1, 0.15) is 5.82 Å². The lowest BCUT2D eigenvalue weighted by atomic mass is 10.2. The molecule has 4 heteroatoms. The Bertz CT molecular complexity index is 201. The number of nitrogens with zero attached hydrogens (tertiary/aromatic N) is 1. The molecule has 0 bridgehead atoms. The van der Waals surface area contributed by atoms with Crippen LogP contribution in [0.5, 0.6) is 0 Å². The fourth-order valence-electron chi connectivity index (χ4n) is 0.569. The number of rotatable bonds is 0. The largest absolute Gasteiger partial charge is 0.394 e. The van der Waals surface area contributed by atoms with E-state index in [2.05, 4.69) is 4.99 Å². The molecule has 0 aromatic rings. The molecule has 0 amide bonds. The number of nitrogens with two attached hydrogens (primary N) is 2. The van der Waals surface area contributed by atoms with Crippen LogP contribution < -0.4 is 11.5 Å². The molecule has 1 aliphatic rings. The normalized spacial score (nSPS) is 18.9. The van der Waals surface area contributed by atoms with Gasteiger partial charge in [-0.2, -0.15) is 0 Å². The average Bonchev–Trinajstić information content (AvgIpc) is 1.83. The van der Waals surface area contributed by atoms with Crippen molar-refractivity contribution in [3.05, 3.63) is 11.5 Å². The molecule has 0 spiro atoms. The van der Waals surface area contributed by atoms with Crippen molar-refractivity contribution >= 4 is 11.9 Å². The summed E-state index contributed by atoms with van der Waals surface area (Å²) in [5.74, 6) is 0.256. The van der Waals surface area contributed by atoms with Crippen LogP contribution in [0, 0.1) is 5.41 Å². The summed E-state index contributed by atoms with van der Waals surface area (Å²) in [5, 5.41) is 7.17. The summed E-state index contributed by atoms with van der Waals surface area (Å²) in [6.07, 6.45) is 2.07. The Morgan fingerprint density at radius 3 is 2.67 bits per heavy atom. The van der Waals surface area contributed by atoms with Crippen LogP contribution in [-0.4, -0.2) is 11.9 Å². The Balaban J connectivity index is 2.97. The van der Waals surface area contributed by atoms with Crippen LogP contribution in [0.2, 0.25) is 0 Å². The highest BCUT2D eigenvalue weighted by Crippen LogP contribution is 2.02. The smallest absolute Gasteiger partial charge is 0.148 e. The molecular weight excluding hydrogens is 116 g/mol. The molecule has 0 unspecified atom stereocenters. The van der Waals surface area contributed by atoms with E-state index in [4.69, 9.17) is 16.9 Å². The minimum atomic E-state index is 0.256. The van der Waals surface area contributed by atoms with Crippen LogP contribution in [0.4, 0.5) is 0 Å². The predicted octanol–water partition coefficient (Wildman–Crippen LogP) is -0.433. The van der Waals surface area contributed by atoms with Gasteiger partial charge in [-0.3, -0.25) is 0 Å². The highest BCUT2D eigenvalue weighted by molar-refractivity contribution is 6.06. The molecule has 1 aliphatic heterocycles. The van der Waals surface area contributed by atoms with Crippen molar-refractivity contribution in [2.24, 2.45) is 16.5 Å². The standard InChI is InChI=1S/C5H8N4/c6-3-1-2-9-5(8)4(3)7/h2,6H,1,7-8H2. The maximum Gasteiger partial charge on any atom is 0.148 e. The van der Waals surface area contributed by atoms with E-state index < -0.39 is 0 Å². The second-order valence-electron chi connectivity index (χ2n) is 1.79. The van der Waals surface area contributed by atoms with Gasteiger partial charge in [0.05, 0.1) is 11.4 Å². The molecule has 4 nitrogen and oxygen atoms in total. The van der Waals surface area contributed by atoms with Gasteiger partial charge in [-0.15, -0.1) is 0 Å². The summed E-state index contributed by atoms with van der Waals surface area (Å²) >= 11 is 0. The van der Waals surface area contributed by atoms with E-state index >= 15 is 0 Å². The highest BCUT2D eigenvalue weighted by Gasteiger charge is 2.07. The van der Waals surface area contributed by atoms with Gasteiger partial charge in [-0.25, -0.2) is 4.99 Å². The Morgan fingerprint density at radius 1 is 1.56 bits per heavy atom. The van der Waals surface area contributed by atoms with Crippen molar-refractivity contribution < 1.29 is 0 Å². The molecule has 0 radical (unpaired) electrons. The monoisotopic (exact) mass is 124 g/mol. The first-order valence-corrected chi connectivity index (χ1v) is 2.57. The Kier molecular flexibility index (Phi) is 1.22. The minimum Gasteiger partial charge on any atom is -0.394 e. The molecule has 0 fully saturated rings. The molecule has 0 aromatic heterocycles. The molecule has 1 heterocycles. The first kappa shape index (κ1) is 5.81. The van der Waals surface area contributed by atoms with Gasteiger partial charge in [0.2, 0.25) is 0 Å². The van der Waals surface area contributed by atoms with Gasteiger partial charge in [0, 0.05) is 12.6 Å². The Hall–Kier alpha value is -1.32. The quantitative estimate of drug-likeness (QED) is 0.409. The van der Waals surface area contributed by atoms with Crippen LogP contribution in [0.15, 0.2) is 16.5 Å². The summed E-state index contributed by atoms with van der Waals surface area (Å²) in [6.45, 7) is 0. The van der Waals surface area contributed by atoms with Crippen molar-refractivity contribution in [3.8, 4) is 0 Å². The summed E-state index contributed by atoms with van der Waals surface area (Å²) in [6, 6.07) is 0. The topological polar surface area (TPSA) is 88.2 Å². The third-order valence-corrected chi connectivity index (χ3v) is 1.13. The molecule has 0 saturated heterocycles. The van der Waals surface area contributed by atoms with Crippen LogP contribution in [0.25, 0.3) is 0 Å². The van der Waals surface area contributed by atoms with E-state index in [0.29, 0.717) is 17.8 Å². The number of nitrogens with one attached hydrogen (secondary N) is 1. The number of aliphatic imine (C=N–C) groups is 1. The summed E-state index contributed by atoms with van der Waals surface area (Å²) < 4.78 is 0. The maximum atomic E-state index is 7.17. The van der Waals surface area contributed by atoms with Crippen LogP contribution >= 0.6 is 0 Å². The van der Waals surface area contributed by atoms with E-state index in [0.717, 1.165) is 0 Å². The van der Waals surface area contributed by atoms with Gasteiger partial charge in [-0.1, -0.05) is 0 Å². The van der Waals surface area contributed by atoms with Crippen molar-refractivity contribution in [1.29, 1.82) is 5.41 Å². The van der Waals surface area contributed by atoms with Gasteiger partial charge in [0.25, 0.3) is 0 Å². The molecule has 5 N–H and O–H groups in total. The summed E-state index contributed by atoms with van der Waals surface area (Å²) in [7, 11) is 0. The van der Waals surface area contributed by atoms with Crippen molar-refractivity contribution in [2.75, 3.05) is 0 Å². The van der Waals surface area contributed by atoms with Gasteiger partial charge in [0.15, 0.2) is 0 Å². The maximum absolute atomic E-state index is 7.17. The molecule has 0 aromatic carbocycles. The predicted molar refractivity (Wildman–Crippen MR) is 36.2 cm³/mol. The van der Waals surface area contributed by atoms with E-state index in [9.17, 15) is 0 Å². The summed E-state index contributed by atoms with van der Waals surface area (Å²) in [5.41, 5.74) is 11.3. The second kappa shape index (κ2) is 1.89. The lowest BCUT2D eigenvalue weighted by molar-refractivity contribution is 1.14. The number of hydrogen-bond donors (Lipinski definition) is 3. The minimum absolute atomic E-state index is 0.256. The third kappa shape index (κ3) is 0.910. The average molecular weight is 124 g/mol. The van der Waals surface area contributed by atoms with Gasteiger partial charge < -0.3 is 16.9 Å². The molecule has 0 aliphatic carbocycles. The SMILES string of the molecule is N=C1CC=NC(N)=C1N. The first-order chi connectivity index (χ1) is 4.22. The van der Waals surface area contributed by atoms with Crippen LogP contribution in [0.3, 0.4) is 0 Å².